The molecule has 1 aromatic heterocycles. The van der Waals surface area contributed by atoms with Gasteiger partial charge < -0.3 is 15.7 Å². The van der Waals surface area contributed by atoms with Gasteiger partial charge in [0.15, 0.2) is 5.15 Å². The fraction of sp³-hybridized carbons (Fsp3) is 0.200. The summed E-state index contributed by atoms with van der Waals surface area (Å²) in [6.45, 7) is 1.70. The van der Waals surface area contributed by atoms with Gasteiger partial charge in [-0.15, -0.1) is 0 Å². The molecule has 0 spiro atoms. The van der Waals surface area contributed by atoms with E-state index in [9.17, 15) is 9.90 Å². The number of aromatic nitrogens is 1. The highest BCUT2D eigenvalue weighted by Crippen LogP contribution is 2.20. The van der Waals surface area contributed by atoms with E-state index in [1.54, 1.807) is 43.3 Å². The summed E-state index contributed by atoms with van der Waals surface area (Å²) in [4.78, 5) is 15.8. The largest absolute Gasteiger partial charge is 0.386 e. The van der Waals surface area contributed by atoms with Gasteiger partial charge in [0.2, 0.25) is 0 Å². The second-order valence-electron chi connectivity index (χ2n) is 4.73. The molecule has 3 N–H and O–H groups in total. The second kappa shape index (κ2) is 7.45. The monoisotopic (exact) mass is 339 g/mol. The molecule has 1 aromatic carbocycles. The summed E-state index contributed by atoms with van der Waals surface area (Å²) in [7, 11) is 0. The summed E-state index contributed by atoms with van der Waals surface area (Å²) >= 11 is 11.7. The molecular formula is C15H15Cl2N3O2. The molecule has 0 aliphatic heterocycles. The lowest BCUT2D eigenvalue weighted by Crippen LogP contribution is -2.39. The smallest absolute Gasteiger partial charge is 0.319 e. The number of aliphatic hydroxyl groups excluding tert-OH is 1. The molecule has 2 rings (SSSR count). The highest BCUT2D eigenvalue weighted by Gasteiger charge is 2.18. The maximum Gasteiger partial charge on any atom is 0.319 e. The van der Waals surface area contributed by atoms with Crippen LogP contribution in [-0.4, -0.2) is 22.2 Å². The van der Waals surface area contributed by atoms with Crippen LogP contribution in [0.25, 0.3) is 0 Å². The number of nitrogens with one attached hydrogen (secondary N) is 2. The van der Waals surface area contributed by atoms with E-state index in [1.165, 1.54) is 6.20 Å². The molecule has 1 heterocycles. The third-order valence-corrected chi connectivity index (χ3v) is 3.60. The number of anilines is 1. The second-order valence-corrected chi connectivity index (χ2v) is 5.52. The Kier molecular flexibility index (Phi) is 5.60. The van der Waals surface area contributed by atoms with E-state index in [1.807, 2.05) is 0 Å². The first kappa shape index (κ1) is 16.5. The molecule has 2 amide bonds. The number of amides is 2. The summed E-state index contributed by atoms with van der Waals surface area (Å²) in [5, 5.41) is 16.2. The fourth-order valence-corrected chi connectivity index (χ4v) is 2.16. The SMILES string of the molecule is CC(NC(=O)Nc1cccnc1Cl)C(O)c1ccc(Cl)cc1. The molecule has 0 aliphatic carbocycles. The normalized spacial score (nSPS) is 13.3. The van der Waals surface area contributed by atoms with E-state index < -0.39 is 18.2 Å². The summed E-state index contributed by atoms with van der Waals surface area (Å²) < 4.78 is 0. The number of carbonyl (C=O) groups excluding carboxylic acids is 1. The number of hydrogen-bond acceptors (Lipinski definition) is 3. The van der Waals surface area contributed by atoms with Gasteiger partial charge >= 0.3 is 6.03 Å². The number of halogens is 2. The lowest BCUT2D eigenvalue weighted by atomic mass is 10.0. The van der Waals surface area contributed by atoms with Crippen LogP contribution in [0.4, 0.5) is 10.5 Å². The number of benzene rings is 1. The molecule has 0 aliphatic rings. The predicted molar refractivity (Wildman–Crippen MR) is 87.3 cm³/mol. The number of urea groups is 1. The van der Waals surface area contributed by atoms with Crippen molar-refractivity contribution in [3.8, 4) is 0 Å². The van der Waals surface area contributed by atoms with Gasteiger partial charge in [0.1, 0.15) is 0 Å². The Labute approximate surface area is 138 Å². The molecule has 22 heavy (non-hydrogen) atoms. The average Bonchev–Trinajstić information content (AvgIpc) is 2.49. The van der Waals surface area contributed by atoms with E-state index >= 15 is 0 Å². The number of pyridine rings is 1. The lowest BCUT2D eigenvalue weighted by molar-refractivity contribution is 0.139. The van der Waals surface area contributed by atoms with Crippen molar-refractivity contribution < 1.29 is 9.90 Å². The first-order chi connectivity index (χ1) is 10.5. The van der Waals surface area contributed by atoms with Crippen LogP contribution in [-0.2, 0) is 0 Å². The van der Waals surface area contributed by atoms with Crippen LogP contribution < -0.4 is 10.6 Å². The fourth-order valence-electron chi connectivity index (χ4n) is 1.87. The molecule has 2 unspecified atom stereocenters. The van der Waals surface area contributed by atoms with Crippen LogP contribution in [0.1, 0.15) is 18.6 Å². The highest BCUT2D eigenvalue weighted by molar-refractivity contribution is 6.32. The van der Waals surface area contributed by atoms with Crippen molar-refractivity contribution in [2.24, 2.45) is 0 Å². The van der Waals surface area contributed by atoms with Crippen LogP contribution in [0.5, 0.6) is 0 Å². The number of aliphatic hydroxyl groups is 1. The van der Waals surface area contributed by atoms with E-state index in [0.717, 1.165) is 0 Å². The van der Waals surface area contributed by atoms with Crippen molar-refractivity contribution in [1.29, 1.82) is 0 Å². The van der Waals surface area contributed by atoms with Gasteiger partial charge in [-0.25, -0.2) is 9.78 Å². The lowest BCUT2D eigenvalue weighted by Gasteiger charge is -2.21. The van der Waals surface area contributed by atoms with Gasteiger partial charge in [0, 0.05) is 11.2 Å². The Morgan fingerprint density at radius 2 is 1.91 bits per heavy atom. The summed E-state index contributed by atoms with van der Waals surface area (Å²) in [5.41, 5.74) is 1.06. The minimum Gasteiger partial charge on any atom is -0.386 e. The Hall–Kier alpha value is -1.82. The highest BCUT2D eigenvalue weighted by atomic mass is 35.5. The maximum atomic E-state index is 11.9. The van der Waals surface area contributed by atoms with Crippen LogP contribution in [0, 0.1) is 0 Å². The van der Waals surface area contributed by atoms with E-state index in [4.69, 9.17) is 23.2 Å². The minimum absolute atomic E-state index is 0.198. The van der Waals surface area contributed by atoms with Gasteiger partial charge in [-0.05, 0) is 36.8 Å². The molecule has 2 atom stereocenters. The molecule has 0 bridgehead atoms. The molecule has 116 valence electrons. The average molecular weight is 340 g/mol. The Bertz CT molecular complexity index is 649. The number of hydrogen-bond donors (Lipinski definition) is 3. The van der Waals surface area contributed by atoms with Crippen LogP contribution in [0.2, 0.25) is 10.2 Å². The quantitative estimate of drug-likeness (QED) is 0.744. The van der Waals surface area contributed by atoms with Crippen molar-refractivity contribution in [3.63, 3.8) is 0 Å². The van der Waals surface area contributed by atoms with Crippen LogP contribution in [0.15, 0.2) is 42.6 Å². The molecular weight excluding hydrogens is 325 g/mol. The van der Waals surface area contributed by atoms with Crippen molar-refractivity contribution in [1.82, 2.24) is 10.3 Å². The van der Waals surface area contributed by atoms with Gasteiger partial charge in [-0.3, -0.25) is 0 Å². The predicted octanol–water partition coefficient (Wildman–Crippen LogP) is 3.63. The van der Waals surface area contributed by atoms with Gasteiger partial charge in [-0.2, -0.15) is 0 Å². The Morgan fingerprint density at radius 1 is 1.23 bits per heavy atom. The van der Waals surface area contributed by atoms with Crippen LogP contribution in [0.3, 0.4) is 0 Å². The zero-order valence-electron chi connectivity index (χ0n) is 11.8. The number of rotatable bonds is 4. The Balaban J connectivity index is 1.96. The summed E-state index contributed by atoms with van der Waals surface area (Å²) in [6, 6.07) is 9.10. The first-order valence-electron chi connectivity index (χ1n) is 6.59. The molecule has 0 saturated heterocycles. The Morgan fingerprint density at radius 3 is 2.55 bits per heavy atom. The molecule has 2 aromatic rings. The molecule has 0 radical (unpaired) electrons. The van der Waals surface area contributed by atoms with Gasteiger partial charge in [0.05, 0.1) is 17.8 Å². The maximum absolute atomic E-state index is 11.9. The summed E-state index contributed by atoms with van der Waals surface area (Å²) in [5.74, 6) is 0. The van der Waals surface area contributed by atoms with Gasteiger partial charge in [-0.1, -0.05) is 35.3 Å². The standard InChI is InChI=1S/C15H15Cl2N3O2/c1-9(13(21)10-4-6-11(16)7-5-10)19-15(22)20-12-3-2-8-18-14(12)17/h2-9,13,21H,1H3,(H2,19,20,22). The molecule has 0 saturated carbocycles. The van der Waals surface area contributed by atoms with Gasteiger partial charge in [0.25, 0.3) is 0 Å². The molecule has 5 nitrogen and oxygen atoms in total. The zero-order chi connectivity index (χ0) is 16.1. The van der Waals surface area contributed by atoms with Crippen molar-refractivity contribution in [2.75, 3.05) is 5.32 Å². The van der Waals surface area contributed by atoms with E-state index in [0.29, 0.717) is 16.3 Å². The third kappa shape index (κ3) is 4.34. The third-order valence-electron chi connectivity index (χ3n) is 3.05. The summed E-state index contributed by atoms with van der Waals surface area (Å²) in [6.07, 6.45) is 0.672. The zero-order valence-corrected chi connectivity index (χ0v) is 13.3. The van der Waals surface area contributed by atoms with Crippen LogP contribution >= 0.6 is 23.2 Å². The first-order valence-corrected chi connectivity index (χ1v) is 7.34. The van der Waals surface area contributed by atoms with E-state index in [2.05, 4.69) is 15.6 Å². The molecule has 7 heteroatoms. The van der Waals surface area contributed by atoms with Crippen molar-refractivity contribution in [2.45, 2.75) is 19.1 Å². The number of nitrogens with zero attached hydrogens (tertiary/aromatic N) is 1. The topological polar surface area (TPSA) is 74.2 Å². The molecule has 0 fully saturated rings. The van der Waals surface area contributed by atoms with Crippen molar-refractivity contribution >= 4 is 34.9 Å². The minimum atomic E-state index is -0.854. The van der Waals surface area contributed by atoms with Crippen molar-refractivity contribution in [3.05, 3.63) is 58.3 Å². The van der Waals surface area contributed by atoms with E-state index in [-0.39, 0.29) is 5.15 Å². The number of carbonyl (C=O) groups is 1.